The van der Waals surface area contributed by atoms with Gasteiger partial charge >= 0.3 is 0 Å². The highest BCUT2D eigenvalue weighted by Crippen LogP contribution is 2.49. The zero-order valence-corrected chi connectivity index (χ0v) is 13.4. The number of rotatable bonds is 3. The highest BCUT2D eigenvalue weighted by molar-refractivity contribution is 9.27. The summed E-state index contributed by atoms with van der Waals surface area (Å²) >= 11 is 13.4. The molecular weight excluding hydrogens is 444 g/mol. The normalized spacial score (nSPS) is 16.4. The minimum atomic E-state index is -1.16. The van der Waals surface area contributed by atoms with Gasteiger partial charge in [-0.15, -0.1) is 0 Å². The summed E-state index contributed by atoms with van der Waals surface area (Å²) in [7, 11) is 0. The minimum Gasteiger partial charge on any atom is -0.372 e. The Morgan fingerprint density at radius 2 is 1.57 bits per heavy atom. The molecule has 1 aromatic carbocycles. The lowest BCUT2D eigenvalue weighted by Crippen LogP contribution is -2.38. The van der Waals surface area contributed by atoms with Gasteiger partial charge in [0.05, 0.1) is 0 Å². The standard InChI is InChI=1S/C9H8Br4O/c10-6-8(11,12)9(13,14)7-4-2-1-3-5-7/h1-5,14H,6H2. The van der Waals surface area contributed by atoms with E-state index in [0.717, 1.165) is 5.56 Å². The molecule has 5 heteroatoms. The van der Waals surface area contributed by atoms with Gasteiger partial charge in [0.25, 0.3) is 0 Å². The third kappa shape index (κ3) is 2.61. The van der Waals surface area contributed by atoms with Crippen LogP contribution < -0.4 is 0 Å². The van der Waals surface area contributed by atoms with Gasteiger partial charge in [0.1, 0.15) is 3.23 Å². The van der Waals surface area contributed by atoms with Gasteiger partial charge in [0, 0.05) is 5.33 Å². The van der Waals surface area contributed by atoms with E-state index in [4.69, 9.17) is 0 Å². The molecule has 1 N–H and O–H groups in total. The van der Waals surface area contributed by atoms with Gasteiger partial charge in [0.2, 0.25) is 0 Å². The molecule has 0 aliphatic rings. The fourth-order valence-corrected chi connectivity index (χ4v) is 2.60. The first-order chi connectivity index (χ1) is 6.42. The highest BCUT2D eigenvalue weighted by atomic mass is 79.9. The number of benzene rings is 1. The SMILES string of the molecule is OC(Br)(c1ccccc1)C(Br)(Br)CBr. The van der Waals surface area contributed by atoms with E-state index in [1.54, 1.807) is 0 Å². The summed E-state index contributed by atoms with van der Waals surface area (Å²) in [5.74, 6) is 0. The number of halogens is 4. The van der Waals surface area contributed by atoms with Crippen LogP contribution in [0.3, 0.4) is 0 Å². The molecule has 1 nitrogen and oxygen atoms in total. The fraction of sp³-hybridized carbons (Fsp3) is 0.333. The molecule has 78 valence electrons. The summed E-state index contributed by atoms with van der Waals surface area (Å²) in [6, 6.07) is 9.38. The molecule has 0 aliphatic heterocycles. The van der Waals surface area contributed by atoms with Crippen LogP contribution in [0.5, 0.6) is 0 Å². The predicted molar refractivity (Wildman–Crippen MR) is 73.6 cm³/mol. The van der Waals surface area contributed by atoms with Gasteiger partial charge in [0.15, 0.2) is 4.51 Å². The number of hydrogen-bond donors (Lipinski definition) is 1. The van der Waals surface area contributed by atoms with E-state index in [1.165, 1.54) is 0 Å². The molecule has 0 fully saturated rings. The molecule has 1 aromatic rings. The Hall–Kier alpha value is 1.10. The van der Waals surface area contributed by atoms with Gasteiger partial charge in [-0.25, -0.2) is 0 Å². The summed E-state index contributed by atoms with van der Waals surface area (Å²) < 4.78 is -1.81. The lowest BCUT2D eigenvalue weighted by Gasteiger charge is -2.33. The van der Waals surface area contributed by atoms with E-state index in [1.807, 2.05) is 30.3 Å². The van der Waals surface area contributed by atoms with Crippen molar-refractivity contribution >= 4 is 63.7 Å². The van der Waals surface area contributed by atoms with Crippen LogP contribution in [0.4, 0.5) is 0 Å². The molecular formula is C9H8Br4O. The minimum absolute atomic E-state index is 0.552. The number of hydrogen-bond acceptors (Lipinski definition) is 1. The van der Waals surface area contributed by atoms with Crippen LogP contribution in [0.15, 0.2) is 30.3 Å². The number of alkyl halides is 4. The van der Waals surface area contributed by atoms with E-state index in [9.17, 15) is 5.11 Å². The zero-order chi connectivity index (χ0) is 10.8. The monoisotopic (exact) mass is 448 g/mol. The van der Waals surface area contributed by atoms with E-state index in [2.05, 4.69) is 63.7 Å². The first-order valence-corrected chi connectivity index (χ1v) is 7.32. The first-order valence-electron chi connectivity index (χ1n) is 3.82. The van der Waals surface area contributed by atoms with Gasteiger partial charge in [-0.05, 0) is 21.5 Å². The topological polar surface area (TPSA) is 20.2 Å². The second-order valence-corrected chi connectivity index (χ2v) is 8.31. The van der Waals surface area contributed by atoms with Crippen molar-refractivity contribution in [2.24, 2.45) is 0 Å². The van der Waals surface area contributed by atoms with Gasteiger partial charge in [-0.3, -0.25) is 0 Å². The molecule has 0 aromatic heterocycles. The Morgan fingerprint density at radius 3 is 2.00 bits per heavy atom. The molecule has 1 atom stereocenters. The summed E-state index contributed by atoms with van der Waals surface area (Å²) in [4.78, 5) is 0. The third-order valence-corrected chi connectivity index (χ3v) is 8.06. The Bertz CT molecular complexity index is 297. The molecule has 0 saturated heterocycles. The Balaban J connectivity index is 3.08. The number of aliphatic hydroxyl groups is 1. The van der Waals surface area contributed by atoms with Crippen molar-refractivity contribution in [3.63, 3.8) is 0 Å². The zero-order valence-electron chi connectivity index (χ0n) is 7.05. The lowest BCUT2D eigenvalue weighted by molar-refractivity contribution is 0.143. The van der Waals surface area contributed by atoms with Crippen molar-refractivity contribution in [2.45, 2.75) is 7.74 Å². The molecule has 0 saturated carbocycles. The highest BCUT2D eigenvalue weighted by Gasteiger charge is 2.45. The second kappa shape index (κ2) is 4.95. The quantitative estimate of drug-likeness (QED) is 0.686. The smallest absolute Gasteiger partial charge is 0.170 e. The molecule has 0 amide bonds. The fourth-order valence-electron chi connectivity index (χ4n) is 0.959. The van der Waals surface area contributed by atoms with E-state index in [-0.39, 0.29) is 0 Å². The summed E-state index contributed by atoms with van der Waals surface area (Å²) in [5.41, 5.74) is 0.785. The largest absolute Gasteiger partial charge is 0.372 e. The van der Waals surface area contributed by atoms with Crippen LogP contribution in [0.2, 0.25) is 0 Å². The maximum Gasteiger partial charge on any atom is 0.170 e. The van der Waals surface area contributed by atoms with E-state index >= 15 is 0 Å². The van der Waals surface area contributed by atoms with Gasteiger partial charge in [-0.2, -0.15) is 0 Å². The molecule has 1 rings (SSSR count). The average molecular weight is 452 g/mol. The summed E-state index contributed by atoms with van der Waals surface area (Å²) in [6.07, 6.45) is 0. The van der Waals surface area contributed by atoms with Crippen LogP contribution >= 0.6 is 63.7 Å². The second-order valence-electron chi connectivity index (χ2n) is 2.83. The van der Waals surface area contributed by atoms with E-state index < -0.39 is 7.74 Å². The molecule has 0 heterocycles. The molecule has 0 aliphatic carbocycles. The average Bonchev–Trinajstić information content (AvgIpc) is 2.19. The van der Waals surface area contributed by atoms with Crippen molar-refractivity contribution in [2.75, 3.05) is 5.33 Å². The van der Waals surface area contributed by atoms with Crippen molar-refractivity contribution in [1.82, 2.24) is 0 Å². The third-order valence-electron chi connectivity index (χ3n) is 1.81. The maximum atomic E-state index is 10.3. The van der Waals surface area contributed by atoms with E-state index in [0.29, 0.717) is 5.33 Å². The van der Waals surface area contributed by atoms with Crippen molar-refractivity contribution in [3.05, 3.63) is 35.9 Å². The van der Waals surface area contributed by atoms with Crippen molar-refractivity contribution in [1.29, 1.82) is 0 Å². The van der Waals surface area contributed by atoms with Crippen LogP contribution in [0.1, 0.15) is 5.56 Å². The van der Waals surface area contributed by atoms with Crippen LogP contribution in [-0.2, 0) is 4.51 Å². The molecule has 0 radical (unpaired) electrons. The molecule has 14 heavy (non-hydrogen) atoms. The predicted octanol–water partition coefficient (Wildman–Crippen LogP) is 4.11. The van der Waals surface area contributed by atoms with Gasteiger partial charge in [-0.1, -0.05) is 78.1 Å². The summed E-state index contributed by atoms with van der Waals surface area (Å²) in [6.45, 7) is 0. The maximum absolute atomic E-state index is 10.3. The van der Waals surface area contributed by atoms with Crippen LogP contribution in [0, 0.1) is 0 Å². The van der Waals surface area contributed by atoms with Crippen molar-refractivity contribution < 1.29 is 5.11 Å². The summed E-state index contributed by atoms with van der Waals surface area (Å²) in [5, 5.41) is 10.9. The molecule has 1 unspecified atom stereocenters. The Morgan fingerprint density at radius 1 is 1.07 bits per heavy atom. The van der Waals surface area contributed by atoms with Crippen LogP contribution in [-0.4, -0.2) is 13.7 Å². The van der Waals surface area contributed by atoms with Gasteiger partial charge < -0.3 is 5.11 Å². The Kier molecular flexibility index (Phi) is 4.66. The lowest BCUT2D eigenvalue weighted by atomic mass is 10.1. The van der Waals surface area contributed by atoms with Crippen LogP contribution in [0.25, 0.3) is 0 Å². The van der Waals surface area contributed by atoms with Crippen molar-refractivity contribution in [3.8, 4) is 0 Å². The molecule has 0 bridgehead atoms. The molecule has 0 spiro atoms. The first kappa shape index (κ1) is 13.2. The Labute approximate surface area is 117 Å².